The van der Waals surface area contributed by atoms with Crippen LogP contribution in [-0.2, 0) is 5.41 Å². The molecule has 1 fully saturated rings. The van der Waals surface area contributed by atoms with Crippen LogP contribution in [0.4, 0.5) is 5.69 Å². The highest BCUT2D eigenvalue weighted by molar-refractivity contribution is 6.10. The minimum atomic E-state index is -0.144. The van der Waals surface area contributed by atoms with Gasteiger partial charge in [0.25, 0.3) is 0 Å². The molecule has 0 spiro atoms. The summed E-state index contributed by atoms with van der Waals surface area (Å²) >= 11 is 0. The summed E-state index contributed by atoms with van der Waals surface area (Å²) in [6, 6.07) is 64.7. The molecule has 10 rings (SSSR count). The van der Waals surface area contributed by atoms with Gasteiger partial charge in [-0.15, -0.1) is 0 Å². The van der Waals surface area contributed by atoms with Crippen molar-refractivity contribution in [2.24, 2.45) is 0 Å². The fourth-order valence-corrected chi connectivity index (χ4v) is 8.57. The number of nitrogens with zero attached hydrogens (tertiary/aromatic N) is 3. The minimum Gasteiger partial charge on any atom is -0.370 e. The molecule has 0 atom stereocenters. The van der Waals surface area contributed by atoms with Gasteiger partial charge in [-0.05, 0) is 78.2 Å². The molecule has 0 unspecified atom stereocenters. The SMILES string of the molecule is c1ccc(N2CCC(c3ccc(-n4c5ccccc5c5ccccc54)cc3)(c3ccc(-n4c5ccccc5c5ccccc54)cc3)C2)cc1. The number of fused-ring (bicyclic) bond motifs is 6. The average Bonchev–Trinajstić information content (AvgIpc) is 3.87. The van der Waals surface area contributed by atoms with Gasteiger partial charge in [0.05, 0.1) is 22.1 Å². The Morgan fingerprint density at radius 2 is 0.714 bits per heavy atom. The van der Waals surface area contributed by atoms with E-state index in [4.69, 9.17) is 0 Å². The molecule has 0 amide bonds. The standard InChI is InChI=1S/C46H35N3/c1-2-12-35(13-3-1)47-31-30-46(32-47,33-22-26-36(27-23-33)48-42-18-8-4-14-38(42)39-15-5-9-19-43(39)48)34-24-28-37(29-25-34)49-44-20-10-6-16-40(44)41-17-7-11-21-45(41)49/h1-29H,30-32H2. The Balaban J connectivity index is 1.09. The molecule has 1 saturated heterocycles. The number of hydrogen-bond donors (Lipinski definition) is 0. The largest absolute Gasteiger partial charge is 0.370 e. The maximum atomic E-state index is 2.56. The van der Waals surface area contributed by atoms with Crippen LogP contribution in [0.5, 0.6) is 0 Å². The third-order valence-electron chi connectivity index (χ3n) is 10.9. The molecule has 0 N–H and O–H groups in total. The van der Waals surface area contributed by atoms with Crippen molar-refractivity contribution in [1.82, 2.24) is 9.13 Å². The summed E-state index contributed by atoms with van der Waals surface area (Å²) in [5.74, 6) is 0. The molecule has 0 radical (unpaired) electrons. The van der Waals surface area contributed by atoms with Crippen LogP contribution >= 0.6 is 0 Å². The van der Waals surface area contributed by atoms with E-state index in [1.54, 1.807) is 0 Å². The molecular formula is C46H35N3. The predicted molar refractivity (Wildman–Crippen MR) is 206 cm³/mol. The number of para-hydroxylation sites is 5. The van der Waals surface area contributed by atoms with E-state index in [9.17, 15) is 0 Å². The number of benzene rings is 7. The fraction of sp³-hybridized carbons (Fsp3) is 0.0870. The summed E-state index contributed by atoms with van der Waals surface area (Å²) in [5, 5.41) is 5.15. The van der Waals surface area contributed by atoms with E-state index in [1.165, 1.54) is 71.8 Å². The Kier molecular flexibility index (Phi) is 6.29. The fourth-order valence-electron chi connectivity index (χ4n) is 8.57. The summed E-state index contributed by atoms with van der Waals surface area (Å²) in [7, 11) is 0. The highest BCUT2D eigenvalue weighted by atomic mass is 15.2. The Hall–Kier alpha value is -6.06. The van der Waals surface area contributed by atoms with Crippen molar-refractivity contribution in [3.05, 3.63) is 187 Å². The smallest absolute Gasteiger partial charge is 0.0541 e. The minimum absolute atomic E-state index is 0.144. The molecular weight excluding hydrogens is 595 g/mol. The van der Waals surface area contributed by atoms with E-state index in [1.807, 2.05) is 0 Å². The van der Waals surface area contributed by atoms with E-state index in [2.05, 4.69) is 190 Å². The molecule has 3 heterocycles. The van der Waals surface area contributed by atoms with Gasteiger partial charge in [-0.3, -0.25) is 0 Å². The Morgan fingerprint density at radius 3 is 1.12 bits per heavy atom. The monoisotopic (exact) mass is 629 g/mol. The molecule has 234 valence electrons. The average molecular weight is 630 g/mol. The summed E-state index contributed by atoms with van der Waals surface area (Å²) in [4.78, 5) is 2.56. The maximum absolute atomic E-state index is 2.56. The van der Waals surface area contributed by atoms with Crippen LogP contribution in [0.15, 0.2) is 176 Å². The summed E-state index contributed by atoms with van der Waals surface area (Å²) < 4.78 is 4.82. The van der Waals surface area contributed by atoms with E-state index < -0.39 is 0 Å². The first-order chi connectivity index (χ1) is 24.3. The molecule has 3 nitrogen and oxygen atoms in total. The van der Waals surface area contributed by atoms with Crippen molar-refractivity contribution in [3.8, 4) is 11.4 Å². The first-order valence-electron chi connectivity index (χ1n) is 17.3. The van der Waals surface area contributed by atoms with Gasteiger partial charge in [0.1, 0.15) is 0 Å². The molecule has 9 aromatic rings. The van der Waals surface area contributed by atoms with Gasteiger partial charge in [0, 0.05) is 57.1 Å². The highest BCUT2D eigenvalue weighted by Gasteiger charge is 2.41. The normalized spacial score (nSPS) is 14.4. The maximum Gasteiger partial charge on any atom is 0.0541 e. The van der Waals surface area contributed by atoms with Crippen molar-refractivity contribution >= 4 is 49.3 Å². The lowest BCUT2D eigenvalue weighted by Gasteiger charge is -2.32. The molecule has 1 aliphatic rings. The second-order valence-electron chi connectivity index (χ2n) is 13.4. The second kappa shape index (κ2) is 11.0. The topological polar surface area (TPSA) is 13.1 Å². The van der Waals surface area contributed by atoms with Crippen LogP contribution < -0.4 is 4.90 Å². The summed E-state index contributed by atoms with van der Waals surface area (Å²) in [5.41, 5.74) is 11.2. The van der Waals surface area contributed by atoms with Crippen LogP contribution in [0.2, 0.25) is 0 Å². The Labute approximate surface area is 285 Å². The lowest BCUT2D eigenvalue weighted by molar-refractivity contribution is 0.577. The van der Waals surface area contributed by atoms with Gasteiger partial charge in [0.2, 0.25) is 0 Å². The Morgan fingerprint density at radius 1 is 0.347 bits per heavy atom. The molecule has 0 saturated carbocycles. The lowest BCUT2D eigenvalue weighted by atomic mass is 9.73. The molecule has 1 aliphatic heterocycles. The van der Waals surface area contributed by atoms with Gasteiger partial charge in [0.15, 0.2) is 0 Å². The zero-order valence-electron chi connectivity index (χ0n) is 27.2. The molecule has 0 aliphatic carbocycles. The van der Waals surface area contributed by atoms with Gasteiger partial charge in [-0.2, -0.15) is 0 Å². The zero-order chi connectivity index (χ0) is 32.4. The first-order valence-corrected chi connectivity index (χ1v) is 17.3. The number of aromatic nitrogens is 2. The van der Waals surface area contributed by atoms with E-state index in [0.29, 0.717) is 0 Å². The van der Waals surface area contributed by atoms with Crippen molar-refractivity contribution in [1.29, 1.82) is 0 Å². The van der Waals surface area contributed by atoms with Gasteiger partial charge in [-0.1, -0.05) is 115 Å². The van der Waals surface area contributed by atoms with Crippen molar-refractivity contribution in [2.75, 3.05) is 18.0 Å². The predicted octanol–water partition coefficient (Wildman–Crippen LogP) is 11.1. The number of rotatable bonds is 5. The van der Waals surface area contributed by atoms with E-state index >= 15 is 0 Å². The van der Waals surface area contributed by atoms with Crippen LogP contribution in [0.1, 0.15) is 17.5 Å². The number of hydrogen-bond acceptors (Lipinski definition) is 1. The van der Waals surface area contributed by atoms with Gasteiger partial charge >= 0.3 is 0 Å². The molecule has 7 aromatic carbocycles. The van der Waals surface area contributed by atoms with E-state index in [-0.39, 0.29) is 5.41 Å². The molecule has 3 heteroatoms. The second-order valence-corrected chi connectivity index (χ2v) is 13.4. The van der Waals surface area contributed by atoms with Gasteiger partial charge in [-0.25, -0.2) is 0 Å². The molecule has 0 bridgehead atoms. The zero-order valence-corrected chi connectivity index (χ0v) is 27.2. The summed E-state index contributed by atoms with van der Waals surface area (Å²) in [6.07, 6.45) is 1.05. The van der Waals surface area contributed by atoms with Crippen molar-refractivity contribution in [2.45, 2.75) is 11.8 Å². The molecule has 49 heavy (non-hydrogen) atoms. The first kappa shape index (κ1) is 28.0. The highest BCUT2D eigenvalue weighted by Crippen LogP contribution is 2.44. The number of anilines is 1. The quantitative estimate of drug-likeness (QED) is 0.185. The Bertz CT molecular complexity index is 2360. The van der Waals surface area contributed by atoms with Crippen molar-refractivity contribution in [3.63, 3.8) is 0 Å². The van der Waals surface area contributed by atoms with E-state index in [0.717, 1.165) is 19.5 Å². The van der Waals surface area contributed by atoms with Crippen LogP contribution in [-0.4, -0.2) is 22.2 Å². The lowest BCUT2D eigenvalue weighted by Crippen LogP contribution is -2.32. The third-order valence-corrected chi connectivity index (χ3v) is 10.9. The summed E-state index contributed by atoms with van der Waals surface area (Å²) in [6.45, 7) is 1.94. The van der Waals surface area contributed by atoms with Gasteiger partial charge < -0.3 is 14.0 Å². The third kappa shape index (κ3) is 4.29. The van der Waals surface area contributed by atoms with Crippen LogP contribution in [0.25, 0.3) is 55.0 Å². The van der Waals surface area contributed by atoms with Crippen molar-refractivity contribution < 1.29 is 0 Å². The van der Waals surface area contributed by atoms with Crippen LogP contribution in [0, 0.1) is 0 Å². The molecule has 2 aromatic heterocycles. The van der Waals surface area contributed by atoms with Crippen LogP contribution in [0.3, 0.4) is 0 Å².